The lowest BCUT2D eigenvalue weighted by atomic mass is 10.5. The third-order valence-corrected chi connectivity index (χ3v) is 3.13. The largest absolute Gasteiger partial charge is 0.476 e. The molecule has 100 valence electrons. The van der Waals surface area contributed by atoms with E-state index in [4.69, 9.17) is 5.11 Å². The van der Waals surface area contributed by atoms with Crippen LogP contribution in [0.25, 0.3) is 0 Å². The number of aryl methyl sites for hydroxylation is 1. The Kier molecular flexibility index (Phi) is 3.85. The van der Waals surface area contributed by atoms with Gasteiger partial charge in [-0.2, -0.15) is 0 Å². The smallest absolute Gasteiger partial charge is 0.358 e. The molecule has 9 heteroatoms. The Hall–Kier alpha value is -2.29. The van der Waals surface area contributed by atoms with Crippen molar-refractivity contribution < 1.29 is 14.7 Å². The topological polar surface area (TPSA) is 110 Å². The number of nitrogens with one attached hydrogen (secondary N) is 1. The summed E-state index contributed by atoms with van der Waals surface area (Å²) in [7, 11) is 0. The van der Waals surface area contributed by atoms with Crippen LogP contribution in [0.2, 0.25) is 0 Å². The van der Waals surface area contributed by atoms with Gasteiger partial charge in [0.05, 0.1) is 12.7 Å². The van der Waals surface area contributed by atoms with Crippen molar-refractivity contribution in [2.75, 3.05) is 0 Å². The summed E-state index contributed by atoms with van der Waals surface area (Å²) in [5, 5.41) is 21.0. The Morgan fingerprint density at radius 2 is 2.32 bits per heavy atom. The third kappa shape index (κ3) is 3.58. The molecule has 0 aliphatic rings. The van der Waals surface area contributed by atoms with Crippen LogP contribution in [-0.4, -0.2) is 37.0 Å². The Morgan fingerprint density at radius 3 is 2.89 bits per heavy atom. The van der Waals surface area contributed by atoms with Crippen LogP contribution in [0.4, 0.5) is 0 Å². The Balaban J connectivity index is 1.85. The van der Waals surface area contributed by atoms with Crippen LogP contribution in [0.15, 0.2) is 11.6 Å². The van der Waals surface area contributed by atoms with E-state index in [0.717, 1.165) is 10.7 Å². The molecule has 0 saturated carbocycles. The lowest BCUT2D eigenvalue weighted by Gasteiger charge is -2.02. The maximum absolute atomic E-state index is 11.6. The molecule has 0 fully saturated rings. The number of thiazole rings is 1. The highest BCUT2D eigenvalue weighted by molar-refractivity contribution is 7.09. The first-order valence-corrected chi connectivity index (χ1v) is 6.23. The quantitative estimate of drug-likeness (QED) is 0.801. The van der Waals surface area contributed by atoms with Gasteiger partial charge in [0, 0.05) is 11.1 Å². The van der Waals surface area contributed by atoms with Crippen molar-refractivity contribution in [1.82, 2.24) is 25.3 Å². The fraction of sp³-hybridized carbons (Fsp3) is 0.300. The highest BCUT2D eigenvalue weighted by Gasteiger charge is 2.10. The highest BCUT2D eigenvalue weighted by Crippen LogP contribution is 2.07. The number of carboxylic acids is 1. The molecule has 2 aromatic heterocycles. The van der Waals surface area contributed by atoms with Gasteiger partial charge in [0.25, 0.3) is 0 Å². The van der Waals surface area contributed by atoms with E-state index in [0.29, 0.717) is 6.54 Å². The van der Waals surface area contributed by atoms with Gasteiger partial charge >= 0.3 is 5.97 Å². The van der Waals surface area contributed by atoms with Crippen molar-refractivity contribution in [1.29, 1.82) is 0 Å². The normalized spacial score (nSPS) is 10.4. The number of carbonyl (C=O) groups excluding carboxylic acids is 1. The third-order valence-electron chi connectivity index (χ3n) is 2.17. The zero-order valence-corrected chi connectivity index (χ0v) is 10.8. The zero-order chi connectivity index (χ0) is 13.8. The van der Waals surface area contributed by atoms with Gasteiger partial charge in [-0.05, 0) is 6.92 Å². The summed E-state index contributed by atoms with van der Waals surface area (Å²) in [6.45, 7) is 2.15. The lowest BCUT2D eigenvalue weighted by Crippen LogP contribution is -2.27. The first kappa shape index (κ1) is 13.1. The van der Waals surface area contributed by atoms with Crippen LogP contribution in [0.3, 0.4) is 0 Å². The van der Waals surface area contributed by atoms with Gasteiger partial charge < -0.3 is 10.4 Å². The molecule has 0 spiro atoms. The molecule has 2 heterocycles. The summed E-state index contributed by atoms with van der Waals surface area (Å²) < 4.78 is 1.17. The van der Waals surface area contributed by atoms with Crippen LogP contribution in [-0.2, 0) is 17.9 Å². The average molecular weight is 281 g/mol. The van der Waals surface area contributed by atoms with Gasteiger partial charge in [0.15, 0.2) is 5.69 Å². The Morgan fingerprint density at radius 1 is 1.53 bits per heavy atom. The summed E-state index contributed by atoms with van der Waals surface area (Å²) in [5.74, 6) is -1.46. The van der Waals surface area contributed by atoms with Gasteiger partial charge in [0.1, 0.15) is 11.6 Å². The minimum atomic E-state index is -1.18. The van der Waals surface area contributed by atoms with E-state index in [-0.39, 0.29) is 18.1 Å². The minimum Gasteiger partial charge on any atom is -0.476 e. The van der Waals surface area contributed by atoms with E-state index < -0.39 is 5.97 Å². The second-order valence-corrected chi connectivity index (χ2v) is 4.71. The van der Waals surface area contributed by atoms with E-state index in [1.165, 1.54) is 22.2 Å². The molecule has 0 atom stereocenters. The molecule has 19 heavy (non-hydrogen) atoms. The van der Waals surface area contributed by atoms with Crippen LogP contribution in [0.5, 0.6) is 0 Å². The zero-order valence-electron chi connectivity index (χ0n) is 10.0. The minimum absolute atomic E-state index is 0.0787. The van der Waals surface area contributed by atoms with Crippen molar-refractivity contribution in [3.8, 4) is 0 Å². The highest BCUT2D eigenvalue weighted by atomic mass is 32.1. The van der Waals surface area contributed by atoms with E-state index in [1.807, 2.05) is 12.3 Å². The molecule has 2 aromatic rings. The van der Waals surface area contributed by atoms with Crippen LogP contribution in [0.1, 0.15) is 21.2 Å². The predicted molar refractivity (Wildman–Crippen MR) is 65.7 cm³/mol. The summed E-state index contributed by atoms with van der Waals surface area (Å²) >= 11 is 1.47. The number of aromatic nitrogens is 4. The number of nitrogens with zero attached hydrogens (tertiary/aromatic N) is 4. The second kappa shape index (κ2) is 5.57. The molecule has 0 saturated heterocycles. The van der Waals surface area contributed by atoms with Gasteiger partial charge in [-0.3, -0.25) is 4.79 Å². The number of rotatable bonds is 5. The summed E-state index contributed by atoms with van der Waals surface area (Å²) in [5.41, 5.74) is 0.722. The fourth-order valence-electron chi connectivity index (χ4n) is 1.33. The molecular formula is C10H11N5O3S. The van der Waals surface area contributed by atoms with Crippen molar-refractivity contribution in [2.24, 2.45) is 0 Å². The lowest BCUT2D eigenvalue weighted by molar-refractivity contribution is -0.122. The molecule has 0 aliphatic heterocycles. The van der Waals surface area contributed by atoms with Crippen LogP contribution in [0, 0.1) is 6.92 Å². The summed E-state index contributed by atoms with van der Waals surface area (Å²) in [6.07, 6.45) is 1.20. The Bertz CT molecular complexity index is 606. The molecule has 2 rings (SSSR count). The van der Waals surface area contributed by atoms with Crippen molar-refractivity contribution in [3.05, 3.63) is 28.0 Å². The van der Waals surface area contributed by atoms with E-state index in [1.54, 1.807) is 0 Å². The van der Waals surface area contributed by atoms with Crippen molar-refractivity contribution >= 4 is 23.2 Å². The maximum Gasteiger partial charge on any atom is 0.358 e. The molecule has 2 N–H and O–H groups in total. The first-order chi connectivity index (χ1) is 9.04. The van der Waals surface area contributed by atoms with E-state index in [9.17, 15) is 9.59 Å². The molecular weight excluding hydrogens is 270 g/mol. The molecule has 0 aliphatic carbocycles. The number of carbonyl (C=O) groups is 2. The summed E-state index contributed by atoms with van der Waals surface area (Å²) in [6, 6.07) is 0. The van der Waals surface area contributed by atoms with Crippen LogP contribution >= 0.6 is 11.3 Å². The number of carboxylic acid groups (broad SMARTS) is 1. The maximum atomic E-state index is 11.6. The summed E-state index contributed by atoms with van der Waals surface area (Å²) in [4.78, 5) is 26.4. The molecule has 0 unspecified atom stereocenters. The number of hydrogen-bond donors (Lipinski definition) is 2. The van der Waals surface area contributed by atoms with Crippen molar-refractivity contribution in [2.45, 2.75) is 20.0 Å². The average Bonchev–Trinajstić information content (AvgIpc) is 2.96. The fourth-order valence-corrected chi connectivity index (χ4v) is 2.05. The first-order valence-electron chi connectivity index (χ1n) is 5.35. The van der Waals surface area contributed by atoms with E-state index in [2.05, 4.69) is 20.6 Å². The number of aromatic carboxylic acids is 1. The Labute approximate surface area is 112 Å². The predicted octanol–water partition coefficient (Wildman–Crippen LogP) is 0.0576. The molecule has 0 radical (unpaired) electrons. The number of hydrogen-bond acceptors (Lipinski definition) is 6. The molecule has 8 nitrogen and oxygen atoms in total. The van der Waals surface area contributed by atoms with Gasteiger partial charge in [-0.25, -0.2) is 14.5 Å². The SMILES string of the molecule is Cc1csc(CNC(=O)Cn2cc(C(=O)O)nn2)n1. The second-order valence-electron chi connectivity index (χ2n) is 3.77. The van der Waals surface area contributed by atoms with Crippen molar-refractivity contribution in [3.63, 3.8) is 0 Å². The molecule has 0 aromatic carbocycles. The number of amides is 1. The molecule has 1 amide bonds. The van der Waals surface area contributed by atoms with Gasteiger partial charge in [-0.1, -0.05) is 5.21 Å². The van der Waals surface area contributed by atoms with Gasteiger partial charge in [0.2, 0.25) is 5.91 Å². The monoisotopic (exact) mass is 281 g/mol. The van der Waals surface area contributed by atoms with E-state index >= 15 is 0 Å². The van der Waals surface area contributed by atoms with Crippen LogP contribution < -0.4 is 5.32 Å². The standard InChI is InChI=1S/C10H11N5O3S/c1-6-5-19-9(12-6)2-11-8(16)4-15-3-7(10(17)18)13-14-15/h3,5H,2,4H2,1H3,(H,11,16)(H,17,18). The molecule has 0 bridgehead atoms. The van der Waals surface area contributed by atoms with Gasteiger partial charge in [-0.15, -0.1) is 16.4 Å².